The van der Waals surface area contributed by atoms with Crippen LogP contribution in [0.15, 0.2) is 36.8 Å². The van der Waals surface area contributed by atoms with Gasteiger partial charge < -0.3 is 10.1 Å². The Morgan fingerprint density at radius 1 is 1.50 bits per heavy atom. The normalized spacial score (nSPS) is 18.1. The molecule has 0 saturated carbocycles. The van der Waals surface area contributed by atoms with E-state index < -0.39 is 0 Å². The molecule has 2 aromatic heterocycles. The summed E-state index contributed by atoms with van der Waals surface area (Å²) in [5, 5.41) is 7.02. The van der Waals surface area contributed by atoms with Gasteiger partial charge in [0, 0.05) is 31.7 Å². The highest BCUT2D eigenvalue weighted by Crippen LogP contribution is 2.12. The number of aromatic nitrogens is 3. The summed E-state index contributed by atoms with van der Waals surface area (Å²) < 4.78 is 7.03. The van der Waals surface area contributed by atoms with E-state index in [0.29, 0.717) is 13.2 Å². The minimum atomic E-state index is -0.289. The summed E-state index contributed by atoms with van der Waals surface area (Å²) in [5.74, 6) is 0.693. The van der Waals surface area contributed by atoms with Crippen LogP contribution in [0.5, 0.6) is 0 Å². The number of hydrogen-bond donors (Lipinski definition) is 1. The van der Waals surface area contributed by atoms with Crippen LogP contribution in [0, 0.1) is 0 Å². The largest absolute Gasteiger partial charge is 0.368 e. The van der Waals surface area contributed by atoms with E-state index >= 15 is 0 Å². The van der Waals surface area contributed by atoms with E-state index in [1.807, 2.05) is 24.4 Å². The summed E-state index contributed by atoms with van der Waals surface area (Å²) in [6.45, 7) is 1.15. The average Bonchev–Trinajstić information content (AvgIpc) is 3.17. The Bertz CT molecular complexity index is 577. The van der Waals surface area contributed by atoms with E-state index in [0.717, 1.165) is 24.2 Å². The molecular formula is C14H16N4O2. The summed E-state index contributed by atoms with van der Waals surface area (Å²) >= 11 is 0. The Balaban J connectivity index is 1.63. The van der Waals surface area contributed by atoms with Crippen molar-refractivity contribution in [3.05, 3.63) is 42.4 Å². The van der Waals surface area contributed by atoms with Gasteiger partial charge in [-0.25, -0.2) is 9.67 Å². The highest BCUT2D eigenvalue weighted by Gasteiger charge is 2.22. The first kappa shape index (κ1) is 12.8. The molecule has 1 aliphatic heterocycles. The van der Waals surface area contributed by atoms with E-state index in [1.54, 1.807) is 17.1 Å². The monoisotopic (exact) mass is 272 g/mol. The third kappa shape index (κ3) is 2.85. The van der Waals surface area contributed by atoms with Crippen LogP contribution >= 0.6 is 0 Å². The van der Waals surface area contributed by atoms with Gasteiger partial charge in [-0.3, -0.25) is 4.79 Å². The van der Waals surface area contributed by atoms with Crippen molar-refractivity contribution in [2.24, 2.45) is 0 Å². The van der Waals surface area contributed by atoms with Gasteiger partial charge >= 0.3 is 0 Å². The van der Waals surface area contributed by atoms with Crippen LogP contribution < -0.4 is 5.32 Å². The molecule has 1 saturated heterocycles. The molecule has 6 nitrogen and oxygen atoms in total. The highest BCUT2D eigenvalue weighted by atomic mass is 16.5. The van der Waals surface area contributed by atoms with Crippen LogP contribution in [-0.4, -0.2) is 33.4 Å². The van der Waals surface area contributed by atoms with Crippen molar-refractivity contribution in [2.75, 3.05) is 6.61 Å². The van der Waals surface area contributed by atoms with Crippen molar-refractivity contribution in [3.8, 4) is 5.82 Å². The van der Waals surface area contributed by atoms with Gasteiger partial charge in [0.1, 0.15) is 6.10 Å². The van der Waals surface area contributed by atoms with Crippen LogP contribution in [0.2, 0.25) is 0 Å². The van der Waals surface area contributed by atoms with E-state index in [1.165, 1.54) is 0 Å². The molecule has 0 aliphatic carbocycles. The van der Waals surface area contributed by atoms with E-state index in [9.17, 15) is 4.79 Å². The van der Waals surface area contributed by atoms with Gasteiger partial charge in [-0.05, 0) is 36.6 Å². The lowest BCUT2D eigenvalue weighted by Crippen LogP contribution is -2.33. The first-order chi connectivity index (χ1) is 9.83. The predicted octanol–water partition coefficient (Wildman–Crippen LogP) is 1.06. The molecule has 1 aliphatic rings. The van der Waals surface area contributed by atoms with Crippen LogP contribution in [0.25, 0.3) is 5.82 Å². The zero-order valence-electron chi connectivity index (χ0n) is 11.0. The van der Waals surface area contributed by atoms with Crippen LogP contribution in [-0.2, 0) is 16.1 Å². The summed E-state index contributed by atoms with van der Waals surface area (Å²) in [6, 6.07) is 5.62. The topological polar surface area (TPSA) is 69.0 Å². The van der Waals surface area contributed by atoms with E-state index in [2.05, 4.69) is 15.4 Å². The second kappa shape index (κ2) is 5.83. The molecule has 1 unspecified atom stereocenters. The lowest BCUT2D eigenvalue weighted by atomic mass is 10.2. The van der Waals surface area contributed by atoms with Crippen molar-refractivity contribution in [3.63, 3.8) is 0 Å². The van der Waals surface area contributed by atoms with Crippen LogP contribution in [0.4, 0.5) is 0 Å². The van der Waals surface area contributed by atoms with Crippen molar-refractivity contribution in [1.29, 1.82) is 0 Å². The average molecular weight is 272 g/mol. The smallest absolute Gasteiger partial charge is 0.249 e. The standard InChI is InChI=1S/C14H16N4O2/c19-14(12-3-1-8-20-12)16-10-11-4-6-15-13(9-11)18-7-2-5-17-18/h2,4-7,9,12H,1,3,8,10H2,(H,16,19). The molecule has 20 heavy (non-hydrogen) atoms. The Labute approximate surface area is 116 Å². The van der Waals surface area contributed by atoms with Crippen molar-refractivity contribution < 1.29 is 9.53 Å². The van der Waals surface area contributed by atoms with Gasteiger partial charge in [-0.2, -0.15) is 5.10 Å². The van der Waals surface area contributed by atoms with E-state index in [-0.39, 0.29) is 12.0 Å². The molecule has 1 atom stereocenters. The number of hydrogen-bond acceptors (Lipinski definition) is 4. The molecule has 0 radical (unpaired) electrons. The lowest BCUT2D eigenvalue weighted by molar-refractivity contribution is -0.130. The Morgan fingerprint density at radius 2 is 2.45 bits per heavy atom. The number of carbonyl (C=O) groups is 1. The summed E-state index contributed by atoms with van der Waals surface area (Å²) in [6.07, 6.45) is 6.72. The Hall–Kier alpha value is -2.21. The lowest BCUT2D eigenvalue weighted by Gasteiger charge is -2.10. The number of carbonyl (C=O) groups excluding carboxylic acids is 1. The summed E-state index contributed by atoms with van der Waals surface area (Å²) in [7, 11) is 0. The molecule has 0 aromatic carbocycles. The molecule has 3 rings (SSSR count). The Morgan fingerprint density at radius 3 is 3.20 bits per heavy atom. The Kier molecular flexibility index (Phi) is 3.73. The molecule has 1 fully saturated rings. The third-order valence-electron chi connectivity index (χ3n) is 3.24. The van der Waals surface area contributed by atoms with Gasteiger partial charge in [0.15, 0.2) is 5.82 Å². The SMILES string of the molecule is O=C(NCc1ccnc(-n2cccn2)c1)C1CCCO1. The van der Waals surface area contributed by atoms with Crippen molar-refractivity contribution in [2.45, 2.75) is 25.5 Å². The number of rotatable bonds is 4. The number of nitrogens with one attached hydrogen (secondary N) is 1. The first-order valence-electron chi connectivity index (χ1n) is 6.67. The first-order valence-corrected chi connectivity index (χ1v) is 6.67. The third-order valence-corrected chi connectivity index (χ3v) is 3.24. The van der Waals surface area contributed by atoms with Gasteiger partial charge in [-0.15, -0.1) is 0 Å². The maximum absolute atomic E-state index is 11.9. The maximum Gasteiger partial charge on any atom is 0.249 e. The molecule has 1 N–H and O–H groups in total. The summed E-state index contributed by atoms with van der Waals surface area (Å²) in [5.41, 5.74) is 0.983. The highest BCUT2D eigenvalue weighted by molar-refractivity contribution is 5.80. The number of pyridine rings is 1. The number of ether oxygens (including phenoxy) is 1. The van der Waals surface area contributed by atoms with Crippen LogP contribution in [0.1, 0.15) is 18.4 Å². The molecule has 3 heterocycles. The molecule has 104 valence electrons. The van der Waals surface area contributed by atoms with Gasteiger partial charge in [0.25, 0.3) is 0 Å². The fourth-order valence-corrected chi connectivity index (χ4v) is 2.19. The molecule has 2 aromatic rings. The van der Waals surface area contributed by atoms with Crippen molar-refractivity contribution in [1.82, 2.24) is 20.1 Å². The fraction of sp³-hybridized carbons (Fsp3) is 0.357. The molecule has 6 heteroatoms. The second-order valence-electron chi connectivity index (χ2n) is 4.69. The summed E-state index contributed by atoms with van der Waals surface area (Å²) in [4.78, 5) is 16.1. The van der Waals surface area contributed by atoms with Gasteiger partial charge in [0.2, 0.25) is 5.91 Å². The molecular weight excluding hydrogens is 256 g/mol. The van der Waals surface area contributed by atoms with Gasteiger partial charge in [0.05, 0.1) is 0 Å². The van der Waals surface area contributed by atoms with Gasteiger partial charge in [-0.1, -0.05) is 0 Å². The minimum Gasteiger partial charge on any atom is -0.368 e. The zero-order valence-corrected chi connectivity index (χ0v) is 11.0. The van der Waals surface area contributed by atoms with E-state index in [4.69, 9.17) is 4.74 Å². The fourth-order valence-electron chi connectivity index (χ4n) is 2.19. The zero-order chi connectivity index (χ0) is 13.8. The minimum absolute atomic E-state index is 0.0417. The quantitative estimate of drug-likeness (QED) is 0.903. The second-order valence-corrected chi connectivity index (χ2v) is 4.69. The molecule has 1 amide bonds. The predicted molar refractivity (Wildman–Crippen MR) is 72.2 cm³/mol. The molecule has 0 bridgehead atoms. The number of amides is 1. The number of nitrogens with zero attached hydrogens (tertiary/aromatic N) is 3. The van der Waals surface area contributed by atoms with Crippen LogP contribution in [0.3, 0.4) is 0 Å². The van der Waals surface area contributed by atoms with Crippen molar-refractivity contribution >= 4 is 5.91 Å². The molecule has 0 spiro atoms. The maximum atomic E-state index is 11.9.